The minimum absolute atomic E-state index is 0.0197. The van der Waals surface area contributed by atoms with Gasteiger partial charge in [-0.1, -0.05) is 6.92 Å². The Labute approximate surface area is 117 Å². The number of anilines is 2. The van der Waals surface area contributed by atoms with Crippen molar-refractivity contribution in [3.8, 4) is 0 Å². The summed E-state index contributed by atoms with van der Waals surface area (Å²) in [6.07, 6.45) is 0.969. The van der Waals surface area contributed by atoms with Crippen molar-refractivity contribution in [1.29, 1.82) is 0 Å². The molecule has 1 aromatic carbocycles. The van der Waals surface area contributed by atoms with Gasteiger partial charge in [-0.3, -0.25) is 9.69 Å². The lowest BCUT2D eigenvalue weighted by Crippen LogP contribution is -2.40. The van der Waals surface area contributed by atoms with Crippen LogP contribution in [-0.2, 0) is 4.79 Å². The number of benzene rings is 1. The van der Waals surface area contributed by atoms with Crippen LogP contribution in [0.4, 0.5) is 15.8 Å². The summed E-state index contributed by atoms with van der Waals surface area (Å²) in [5.41, 5.74) is 6.25. The van der Waals surface area contributed by atoms with Gasteiger partial charge < -0.3 is 16.2 Å². The fourth-order valence-corrected chi connectivity index (χ4v) is 2.60. The number of carbonyl (C=O) groups is 1. The average Bonchev–Trinajstić information content (AvgIpc) is 2.73. The minimum atomic E-state index is -0.436. The lowest BCUT2D eigenvalue weighted by Gasteiger charge is -2.24. The highest BCUT2D eigenvalue weighted by Crippen LogP contribution is 2.24. The molecule has 2 unspecified atom stereocenters. The van der Waals surface area contributed by atoms with Gasteiger partial charge in [0.15, 0.2) is 0 Å². The lowest BCUT2D eigenvalue weighted by atomic mass is 10.0. The normalized spacial score (nSPS) is 22.9. The molecule has 1 amide bonds. The molecule has 0 spiro atoms. The van der Waals surface area contributed by atoms with E-state index >= 15 is 0 Å². The van der Waals surface area contributed by atoms with E-state index in [1.165, 1.54) is 18.2 Å². The molecule has 0 aliphatic carbocycles. The molecule has 4 N–H and O–H groups in total. The van der Waals surface area contributed by atoms with Crippen molar-refractivity contribution in [1.82, 2.24) is 4.90 Å². The molecule has 0 bridgehead atoms. The summed E-state index contributed by atoms with van der Waals surface area (Å²) in [5, 5.41) is 12.0. The van der Waals surface area contributed by atoms with E-state index in [0.717, 1.165) is 13.0 Å². The monoisotopic (exact) mass is 281 g/mol. The molecule has 1 fully saturated rings. The number of nitrogens with two attached hydrogens (primary N) is 1. The van der Waals surface area contributed by atoms with Crippen LogP contribution in [0.2, 0.25) is 0 Å². The Hall–Kier alpha value is -1.66. The van der Waals surface area contributed by atoms with Crippen LogP contribution in [0.1, 0.15) is 13.3 Å². The lowest BCUT2D eigenvalue weighted by molar-refractivity contribution is -0.117. The highest BCUT2D eigenvalue weighted by atomic mass is 19.1. The number of halogens is 1. The van der Waals surface area contributed by atoms with Crippen molar-refractivity contribution in [2.45, 2.75) is 19.4 Å². The van der Waals surface area contributed by atoms with Crippen molar-refractivity contribution >= 4 is 17.3 Å². The van der Waals surface area contributed by atoms with Gasteiger partial charge in [-0.05, 0) is 37.1 Å². The van der Waals surface area contributed by atoms with Crippen LogP contribution in [-0.4, -0.2) is 41.7 Å². The van der Waals surface area contributed by atoms with Gasteiger partial charge in [0.1, 0.15) is 5.82 Å². The van der Waals surface area contributed by atoms with Crippen molar-refractivity contribution in [3.63, 3.8) is 0 Å². The number of rotatable bonds is 4. The van der Waals surface area contributed by atoms with Gasteiger partial charge in [0.25, 0.3) is 0 Å². The SMILES string of the molecule is CC1CCN(CC(=O)Nc2ccc(F)cc2N)C1CO. The number of nitrogens with zero attached hydrogens (tertiary/aromatic N) is 1. The molecular weight excluding hydrogens is 261 g/mol. The summed E-state index contributed by atoms with van der Waals surface area (Å²) in [5.74, 6) is -0.270. The fourth-order valence-electron chi connectivity index (χ4n) is 2.60. The van der Waals surface area contributed by atoms with Crippen LogP contribution in [0.3, 0.4) is 0 Å². The molecule has 0 saturated carbocycles. The van der Waals surface area contributed by atoms with Gasteiger partial charge in [-0.2, -0.15) is 0 Å². The molecule has 2 rings (SSSR count). The second-order valence-corrected chi connectivity index (χ2v) is 5.27. The van der Waals surface area contributed by atoms with Gasteiger partial charge in [-0.15, -0.1) is 0 Å². The van der Waals surface area contributed by atoms with E-state index in [-0.39, 0.29) is 30.8 Å². The molecule has 0 radical (unpaired) electrons. The molecule has 6 heteroatoms. The van der Waals surface area contributed by atoms with E-state index < -0.39 is 5.82 Å². The first kappa shape index (κ1) is 14.7. The molecule has 20 heavy (non-hydrogen) atoms. The number of amides is 1. The number of likely N-dealkylation sites (tertiary alicyclic amines) is 1. The van der Waals surface area contributed by atoms with Crippen molar-refractivity contribution < 1.29 is 14.3 Å². The summed E-state index contributed by atoms with van der Waals surface area (Å²) in [4.78, 5) is 13.9. The van der Waals surface area contributed by atoms with Gasteiger partial charge in [0.2, 0.25) is 5.91 Å². The van der Waals surface area contributed by atoms with Crippen LogP contribution in [0.5, 0.6) is 0 Å². The fraction of sp³-hybridized carbons (Fsp3) is 0.500. The molecule has 2 atom stereocenters. The average molecular weight is 281 g/mol. The van der Waals surface area contributed by atoms with Crippen LogP contribution < -0.4 is 11.1 Å². The van der Waals surface area contributed by atoms with Crippen molar-refractivity contribution in [2.24, 2.45) is 5.92 Å². The smallest absolute Gasteiger partial charge is 0.238 e. The van der Waals surface area contributed by atoms with Gasteiger partial charge in [0, 0.05) is 6.04 Å². The molecule has 1 heterocycles. The number of hydrogen-bond acceptors (Lipinski definition) is 4. The Morgan fingerprint density at radius 2 is 2.35 bits per heavy atom. The highest BCUT2D eigenvalue weighted by molar-refractivity contribution is 5.95. The highest BCUT2D eigenvalue weighted by Gasteiger charge is 2.31. The van der Waals surface area contributed by atoms with Gasteiger partial charge in [0.05, 0.1) is 24.5 Å². The van der Waals surface area contributed by atoms with Crippen molar-refractivity contribution in [3.05, 3.63) is 24.0 Å². The summed E-state index contributed by atoms with van der Waals surface area (Å²) in [7, 11) is 0. The second kappa shape index (κ2) is 6.19. The van der Waals surface area contributed by atoms with E-state index in [0.29, 0.717) is 11.6 Å². The summed E-state index contributed by atoms with van der Waals surface area (Å²) in [6, 6.07) is 3.88. The Bertz CT molecular complexity index is 495. The standard InChI is InChI=1S/C14H20FN3O2/c1-9-4-5-18(13(9)8-19)7-14(20)17-12-3-2-10(15)6-11(12)16/h2-3,6,9,13,19H,4-5,7-8,16H2,1H3,(H,17,20). The zero-order valence-corrected chi connectivity index (χ0v) is 11.5. The Morgan fingerprint density at radius 1 is 1.60 bits per heavy atom. The molecule has 1 aliphatic rings. The van der Waals surface area contributed by atoms with E-state index in [1.54, 1.807) is 0 Å². The minimum Gasteiger partial charge on any atom is -0.397 e. The second-order valence-electron chi connectivity index (χ2n) is 5.27. The van der Waals surface area contributed by atoms with Crippen LogP contribution in [0.25, 0.3) is 0 Å². The Kier molecular flexibility index (Phi) is 4.57. The maximum Gasteiger partial charge on any atom is 0.238 e. The predicted octanol–water partition coefficient (Wildman–Crippen LogP) is 1.05. The van der Waals surface area contributed by atoms with Crippen LogP contribution >= 0.6 is 0 Å². The van der Waals surface area contributed by atoms with Gasteiger partial charge in [-0.25, -0.2) is 4.39 Å². The number of aliphatic hydroxyl groups excluding tert-OH is 1. The summed E-state index contributed by atoms with van der Waals surface area (Å²) in [6.45, 7) is 3.11. The third-order valence-electron chi connectivity index (χ3n) is 3.82. The third kappa shape index (κ3) is 3.26. The maximum absolute atomic E-state index is 12.9. The molecule has 1 saturated heterocycles. The Balaban J connectivity index is 1.95. The van der Waals surface area contributed by atoms with E-state index in [1.807, 2.05) is 4.90 Å². The molecule has 0 aromatic heterocycles. The number of aliphatic hydroxyl groups is 1. The first-order chi connectivity index (χ1) is 9.51. The number of nitrogens with one attached hydrogen (secondary N) is 1. The van der Waals surface area contributed by atoms with Crippen molar-refractivity contribution in [2.75, 3.05) is 30.7 Å². The first-order valence-corrected chi connectivity index (χ1v) is 6.71. The third-order valence-corrected chi connectivity index (χ3v) is 3.82. The largest absolute Gasteiger partial charge is 0.397 e. The molecule has 5 nitrogen and oxygen atoms in total. The molecule has 110 valence electrons. The maximum atomic E-state index is 12.9. The summed E-state index contributed by atoms with van der Waals surface area (Å²) >= 11 is 0. The van der Waals surface area contributed by atoms with Crippen LogP contribution in [0.15, 0.2) is 18.2 Å². The van der Waals surface area contributed by atoms with Gasteiger partial charge >= 0.3 is 0 Å². The van der Waals surface area contributed by atoms with E-state index in [9.17, 15) is 14.3 Å². The number of nitrogen functional groups attached to an aromatic ring is 1. The summed E-state index contributed by atoms with van der Waals surface area (Å²) < 4.78 is 12.9. The molecular formula is C14H20FN3O2. The van der Waals surface area contributed by atoms with E-state index in [4.69, 9.17) is 5.73 Å². The first-order valence-electron chi connectivity index (χ1n) is 6.71. The number of hydrogen-bond donors (Lipinski definition) is 3. The zero-order chi connectivity index (χ0) is 14.7. The molecule has 1 aromatic rings. The number of carbonyl (C=O) groups excluding carboxylic acids is 1. The van der Waals surface area contributed by atoms with E-state index in [2.05, 4.69) is 12.2 Å². The Morgan fingerprint density at radius 3 is 3.00 bits per heavy atom. The predicted molar refractivity (Wildman–Crippen MR) is 75.7 cm³/mol. The quantitative estimate of drug-likeness (QED) is 0.721. The molecule has 1 aliphatic heterocycles. The zero-order valence-electron chi connectivity index (χ0n) is 11.5. The van der Waals surface area contributed by atoms with Crippen LogP contribution in [0, 0.1) is 11.7 Å². The topological polar surface area (TPSA) is 78.6 Å².